The lowest BCUT2D eigenvalue weighted by molar-refractivity contribution is -0.132. The molecule has 0 saturated carbocycles. The molecule has 0 spiro atoms. The van der Waals surface area contributed by atoms with E-state index in [2.05, 4.69) is 9.97 Å². The van der Waals surface area contributed by atoms with Gasteiger partial charge in [-0.2, -0.15) is 0 Å². The van der Waals surface area contributed by atoms with Crippen LogP contribution in [-0.4, -0.2) is 26.8 Å². The normalized spacial score (nSPS) is 18.1. The minimum atomic E-state index is -0.833. The molecule has 5 rings (SSSR count). The standard InChI is InChI=1S/C23H14ClN3O3S/c24-15-9-4-10-16-18(15)26-23(31-16)27-19(13-6-2-1-3-7-13)17(21(29)22(27)30)20(28)14-8-5-11-25-12-14/h1-12,19,28H/b20-17+. The Morgan fingerprint density at radius 1 is 1.03 bits per heavy atom. The Balaban J connectivity index is 1.75. The molecule has 4 aromatic rings. The van der Waals surface area contributed by atoms with E-state index in [1.54, 1.807) is 42.6 Å². The molecule has 1 saturated heterocycles. The first-order valence-electron chi connectivity index (χ1n) is 9.37. The summed E-state index contributed by atoms with van der Waals surface area (Å²) in [6.07, 6.45) is 3.01. The lowest BCUT2D eigenvalue weighted by Gasteiger charge is -2.22. The van der Waals surface area contributed by atoms with Crippen molar-refractivity contribution in [3.63, 3.8) is 0 Å². The van der Waals surface area contributed by atoms with Crippen LogP contribution < -0.4 is 4.90 Å². The van der Waals surface area contributed by atoms with Crippen LogP contribution in [0.4, 0.5) is 5.13 Å². The summed E-state index contributed by atoms with van der Waals surface area (Å²) in [6, 6.07) is 16.9. The number of Topliss-reactive ketones (excluding diaryl/α,β-unsaturated/α-hetero) is 1. The number of carbonyl (C=O) groups excluding carboxylic acids is 2. The zero-order valence-electron chi connectivity index (χ0n) is 15.9. The second-order valence-corrected chi connectivity index (χ2v) is 8.32. The van der Waals surface area contributed by atoms with Gasteiger partial charge in [-0.25, -0.2) is 4.98 Å². The van der Waals surface area contributed by atoms with E-state index in [0.717, 1.165) is 4.70 Å². The number of aromatic nitrogens is 2. The highest BCUT2D eigenvalue weighted by Gasteiger charge is 2.48. The number of aliphatic hydroxyl groups is 1. The van der Waals surface area contributed by atoms with Crippen LogP contribution in [-0.2, 0) is 9.59 Å². The van der Waals surface area contributed by atoms with Gasteiger partial charge < -0.3 is 5.11 Å². The van der Waals surface area contributed by atoms with Gasteiger partial charge in [0.25, 0.3) is 5.78 Å². The molecule has 3 heterocycles. The zero-order chi connectivity index (χ0) is 21.5. The monoisotopic (exact) mass is 447 g/mol. The van der Waals surface area contributed by atoms with Crippen molar-refractivity contribution >= 4 is 55.7 Å². The van der Waals surface area contributed by atoms with E-state index in [0.29, 0.717) is 26.8 Å². The Morgan fingerprint density at radius 3 is 2.55 bits per heavy atom. The molecule has 0 aliphatic carbocycles. The van der Waals surface area contributed by atoms with Crippen molar-refractivity contribution in [3.05, 3.63) is 94.8 Å². The minimum Gasteiger partial charge on any atom is -0.507 e. The number of para-hydroxylation sites is 1. The fourth-order valence-electron chi connectivity index (χ4n) is 3.65. The molecule has 0 radical (unpaired) electrons. The number of ketones is 1. The fraction of sp³-hybridized carbons (Fsp3) is 0.0435. The number of halogens is 1. The Kier molecular flexibility index (Phi) is 4.77. The van der Waals surface area contributed by atoms with Gasteiger partial charge in [0.05, 0.1) is 21.3 Å². The number of thiazole rings is 1. The number of amides is 1. The first kappa shape index (κ1) is 19.4. The van der Waals surface area contributed by atoms with Crippen molar-refractivity contribution in [2.45, 2.75) is 6.04 Å². The summed E-state index contributed by atoms with van der Waals surface area (Å²) in [7, 11) is 0. The first-order valence-corrected chi connectivity index (χ1v) is 10.6. The average Bonchev–Trinajstić information content (AvgIpc) is 3.34. The number of benzene rings is 2. The van der Waals surface area contributed by atoms with Crippen LogP contribution in [0.25, 0.3) is 16.0 Å². The number of hydrogen-bond donors (Lipinski definition) is 1. The molecule has 152 valence electrons. The van der Waals surface area contributed by atoms with E-state index < -0.39 is 17.7 Å². The van der Waals surface area contributed by atoms with E-state index in [1.807, 2.05) is 24.3 Å². The van der Waals surface area contributed by atoms with E-state index in [4.69, 9.17) is 11.6 Å². The molecule has 1 aliphatic rings. The van der Waals surface area contributed by atoms with Crippen molar-refractivity contribution in [1.82, 2.24) is 9.97 Å². The first-order chi connectivity index (χ1) is 15.1. The van der Waals surface area contributed by atoms with Gasteiger partial charge in [0.2, 0.25) is 0 Å². The number of aliphatic hydroxyl groups excluding tert-OH is 1. The van der Waals surface area contributed by atoms with Crippen molar-refractivity contribution < 1.29 is 14.7 Å². The smallest absolute Gasteiger partial charge is 0.301 e. The number of carbonyl (C=O) groups is 2. The minimum absolute atomic E-state index is 0.00504. The maximum Gasteiger partial charge on any atom is 0.301 e. The Morgan fingerprint density at radius 2 is 1.84 bits per heavy atom. The number of anilines is 1. The van der Waals surface area contributed by atoms with Gasteiger partial charge in [0.1, 0.15) is 11.3 Å². The van der Waals surface area contributed by atoms with Crippen LogP contribution >= 0.6 is 22.9 Å². The highest BCUT2D eigenvalue weighted by Crippen LogP contribution is 2.44. The molecule has 2 aromatic heterocycles. The quantitative estimate of drug-likeness (QED) is 0.272. The van der Waals surface area contributed by atoms with Gasteiger partial charge in [0, 0.05) is 18.0 Å². The van der Waals surface area contributed by atoms with E-state index >= 15 is 0 Å². The van der Waals surface area contributed by atoms with Crippen molar-refractivity contribution in [2.75, 3.05) is 4.90 Å². The van der Waals surface area contributed by atoms with Crippen LogP contribution in [0.2, 0.25) is 5.02 Å². The summed E-state index contributed by atoms with van der Waals surface area (Å²) in [6.45, 7) is 0. The largest absolute Gasteiger partial charge is 0.507 e. The maximum atomic E-state index is 13.1. The van der Waals surface area contributed by atoms with Crippen LogP contribution in [0.1, 0.15) is 17.2 Å². The molecule has 1 fully saturated rings. The Labute approximate surface area is 186 Å². The van der Waals surface area contributed by atoms with E-state index in [1.165, 1.54) is 22.4 Å². The maximum absolute atomic E-state index is 13.1. The molecular weight excluding hydrogens is 434 g/mol. The number of fused-ring (bicyclic) bond motifs is 1. The number of nitrogens with zero attached hydrogens (tertiary/aromatic N) is 3. The van der Waals surface area contributed by atoms with Crippen LogP contribution in [0.3, 0.4) is 0 Å². The second-order valence-electron chi connectivity index (χ2n) is 6.90. The highest BCUT2D eigenvalue weighted by atomic mass is 35.5. The summed E-state index contributed by atoms with van der Waals surface area (Å²) < 4.78 is 0.795. The molecule has 6 nitrogen and oxygen atoms in total. The van der Waals surface area contributed by atoms with Gasteiger partial charge >= 0.3 is 5.91 Å². The SMILES string of the molecule is O=C1C(=O)N(c2nc3c(Cl)cccc3s2)C(c2ccccc2)/C1=C(\O)c1cccnc1. The lowest BCUT2D eigenvalue weighted by atomic mass is 9.96. The number of rotatable bonds is 3. The molecule has 1 amide bonds. The molecule has 1 unspecified atom stereocenters. The van der Waals surface area contributed by atoms with Crippen LogP contribution in [0.15, 0.2) is 78.6 Å². The predicted molar refractivity (Wildman–Crippen MR) is 120 cm³/mol. The summed E-state index contributed by atoms with van der Waals surface area (Å²) in [4.78, 5) is 36.1. The summed E-state index contributed by atoms with van der Waals surface area (Å²) in [5.41, 5.74) is 1.59. The molecule has 2 aromatic carbocycles. The molecule has 1 N–H and O–H groups in total. The molecule has 31 heavy (non-hydrogen) atoms. The Bertz CT molecular complexity index is 1350. The van der Waals surface area contributed by atoms with Crippen LogP contribution in [0, 0.1) is 0 Å². The second kappa shape index (κ2) is 7.61. The third-order valence-corrected chi connectivity index (χ3v) is 6.38. The predicted octanol–water partition coefficient (Wildman–Crippen LogP) is 4.97. The molecule has 1 aliphatic heterocycles. The zero-order valence-corrected chi connectivity index (χ0v) is 17.5. The summed E-state index contributed by atoms with van der Waals surface area (Å²) in [5.74, 6) is -1.81. The fourth-order valence-corrected chi connectivity index (χ4v) is 4.94. The van der Waals surface area contributed by atoms with Gasteiger partial charge in [-0.05, 0) is 29.8 Å². The highest BCUT2D eigenvalue weighted by molar-refractivity contribution is 7.22. The third-order valence-electron chi connectivity index (χ3n) is 5.06. The molecule has 0 bridgehead atoms. The molecule has 8 heteroatoms. The topological polar surface area (TPSA) is 83.4 Å². The van der Waals surface area contributed by atoms with Gasteiger partial charge in [0.15, 0.2) is 5.13 Å². The van der Waals surface area contributed by atoms with E-state index in [-0.39, 0.29) is 11.3 Å². The average molecular weight is 448 g/mol. The summed E-state index contributed by atoms with van der Waals surface area (Å²) in [5, 5.41) is 11.8. The van der Waals surface area contributed by atoms with Gasteiger partial charge in [-0.3, -0.25) is 19.5 Å². The van der Waals surface area contributed by atoms with Crippen molar-refractivity contribution in [1.29, 1.82) is 0 Å². The number of pyridine rings is 1. The number of hydrogen-bond acceptors (Lipinski definition) is 6. The van der Waals surface area contributed by atoms with Gasteiger partial charge in [-0.1, -0.05) is 59.3 Å². The van der Waals surface area contributed by atoms with Gasteiger partial charge in [-0.15, -0.1) is 0 Å². The third kappa shape index (κ3) is 3.19. The van der Waals surface area contributed by atoms with Crippen LogP contribution in [0.5, 0.6) is 0 Å². The van der Waals surface area contributed by atoms with E-state index in [9.17, 15) is 14.7 Å². The Hall–Kier alpha value is -3.55. The summed E-state index contributed by atoms with van der Waals surface area (Å²) >= 11 is 7.54. The van der Waals surface area contributed by atoms with Crippen molar-refractivity contribution in [2.24, 2.45) is 0 Å². The lowest BCUT2D eigenvalue weighted by Crippen LogP contribution is -2.29. The molecule has 1 atom stereocenters. The van der Waals surface area contributed by atoms with Crippen molar-refractivity contribution in [3.8, 4) is 0 Å². The molecular formula is C23H14ClN3O3S.